The second kappa shape index (κ2) is 3.83. The van der Waals surface area contributed by atoms with Crippen LogP contribution in [0.25, 0.3) is 0 Å². The van der Waals surface area contributed by atoms with E-state index in [1.54, 1.807) is 6.20 Å². The highest BCUT2D eigenvalue weighted by atomic mass is 15.1. The fourth-order valence-corrected chi connectivity index (χ4v) is 0.463. The Bertz CT molecular complexity index is 155. The number of nitrogens with zero attached hydrogens (tertiary/aromatic N) is 2. The van der Waals surface area contributed by atoms with Crippen molar-refractivity contribution in [2.75, 3.05) is 0 Å². The van der Waals surface area contributed by atoms with E-state index in [0.717, 1.165) is 0 Å². The SMILES string of the molecule is CC(C)(C)/C=C\N=NC(C)(C)C. The molecule has 0 aromatic carbocycles. The third kappa shape index (κ3) is 9.34. The second-order valence-electron chi connectivity index (χ2n) is 5.07. The molecule has 0 aromatic rings. The van der Waals surface area contributed by atoms with Crippen LogP contribution in [0.15, 0.2) is 22.5 Å². The third-order valence-corrected chi connectivity index (χ3v) is 0.999. The smallest absolute Gasteiger partial charge is 0.0736 e. The van der Waals surface area contributed by atoms with Gasteiger partial charge in [0.2, 0.25) is 0 Å². The van der Waals surface area contributed by atoms with Gasteiger partial charge in [-0.3, -0.25) is 0 Å². The first kappa shape index (κ1) is 11.3. The van der Waals surface area contributed by atoms with Crippen LogP contribution in [0.4, 0.5) is 0 Å². The molecule has 0 rings (SSSR count). The molecule has 0 fully saturated rings. The minimum Gasteiger partial charge on any atom is -0.183 e. The van der Waals surface area contributed by atoms with Crippen LogP contribution >= 0.6 is 0 Å². The van der Waals surface area contributed by atoms with Gasteiger partial charge in [0.1, 0.15) is 0 Å². The summed E-state index contributed by atoms with van der Waals surface area (Å²) in [6.07, 6.45) is 3.81. The summed E-state index contributed by atoms with van der Waals surface area (Å²) in [5.41, 5.74) is 0.124. The van der Waals surface area contributed by atoms with Crippen molar-refractivity contribution in [2.24, 2.45) is 15.6 Å². The second-order valence-corrected chi connectivity index (χ2v) is 5.07. The van der Waals surface area contributed by atoms with Crippen molar-refractivity contribution >= 4 is 0 Å². The monoisotopic (exact) mass is 168 g/mol. The molecule has 0 spiro atoms. The summed E-state index contributed by atoms with van der Waals surface area (Å²) in [5.74, 6) is 0. The number of rotatable bonds is 1. The Labute approximate surface area is 75.8 Å². The van der Waals surface area contributed by atoms with E-state index in [1.165, 1.54) is 0 Å². The van der Waals surface area contributed by atoms with Crippen molar-refractivity contribution in [1.82, 2.24) is 0 Å². The van der Waals surface area contributed by atoms with Crippen LogP contribution in [0.2, 0.25) is 0 Å². The molecule has 0 aliphatic rings. The Morgan fingerprint density at radius 1 is 0.917 bits per heavy atom. The largest absolute Gasteiger partial charge is 0.183 e. The van der Waals surface area contributed by atoms with Gasteiger partial charge in [0.15, 0.2) is 0 Å². The number of hydrogen-bond acceptors (Lipinski definition) is 2. The summed E-state index contributed by atoms with van der Waals surface area (Å²) in [7, 11) is 0. The molecule has 70 valence electrons. The standard InChI is InChI=1S/C10H20N2/c1-9(2,3)7-8-11-12-10(4,5)6/h7-8H,1-6H3/b8-7-,12-11?. The molecular weight excluding hydrogens is 148 g/mol. The maximum absolute atomic E-state index is 4.10. The highest BCUT2D eigenvalue weighted by Gasteiger charge is 2.06. The molecule has 0 atom stereocenters. The summed E-state index contributed by atoms with van der Waals surface area (Å²) in [6, 6.07) is 0. The lowest BCUT2D eigenvalue weighted by Gasteiger charge is -2.10. The van der Waals surface area contributed by atoms with Gasteiger partial charge in [-0.25, -0.2) is 0 Å². The van der Waals surface area contributed by atoms with Crippen molar-refractivity contribution in [1.29, 1.82) is 0 Å². The zero-order valence-electron chi connectivity index (χ0n) is 9.05. The summed E-state index contributed by atoms with van der Waals surface area (Å²) < 4.78 is 0. The first-order valence-electron chi connectivity index (χ1n) is 4.30. The molecule has 0 radical (unpaired) electrons. The zero-order chi connectivity index (χ0) is 9.83. The lowest BCUT2D eigenvalue weighted by molar-refractivity contribution is 0.534. The van der Waals surface area contributed by atoms with E-state index in [0.29, 0.717) is 0 Å². The maximum Gasteiger partial charge on any atom is 0.0736 e. The predicted molar refractivity (Wildman–Crippen MR) is 53.2 cm³/mol. The molecule has 12 heavy (non-hydrogen) atoms. The molecule has 0 saturated heterocycles. The van der Waals surface area contributed by atoms with Crippen LogP contribution in [-0.4, -0.2) is 5.54 Å². The van der Waals surface area contributed by atoms with Gasteiger partial charge in [0, 0.05) is 6.20 Å². The highest BCUT2D eigenvalue weighted by Crippen LogP contribution is 2.15. The molecule has 0 aromatic heterocycles. The Morgan fingerprint density at radius 3 is 1.75 bits per heavy atom. The number of azo groups is 1. The minimum absolute atomic E-state index is 0.0672. The van der Waals surface area contributed by atoms with Gasteiger partial charge >= 0.3 is 0 Å². The molecular formula is C10H20N2. The molecule has 0 amide bonds. The van der Waals surface area contributed by atoms with Crippen LogP contribution in [0.3, 0.4) is 0 Å². The Kier molecular flexibility index (Phi) is 3.62. The molecule has 0 aliphatic carbocycles. The van der Waals surface area contributed by atoms with Gasteiger partial charge in [-0.15, -0.1) is 0 Å². The highest BCUT2D eigenvalue weighted by molar-refractivity contribution is 4.90. The topological polar surface area (TPSA) is 24.7 Å². The molecule has 0 aliphatic heterocycles. The quantitative estimate of drug-likeness (QED) is 0.532. The van der Waals surface area contributed by atoms with Crippen molar-refractivity contribution in [3.05, 3.63) is 12.3 Å². The van der Waals surface area contributed by atoms with Gasteiger partial charge in [0.25, 0.3) is 0 Å². The third-order valence-electron chi connectivity index (χ3n) is 0.999. The van der Waals surface area contributed by atoms with Crippen LogP contribution in [-0.2, 0) is 0 Å². The summed E-state index contributed by atoms with van der Waals surface area (Å²) in [4.78, 5) is 0. The van der Waals surface area contributed by atoms with E-state index in [4.69, 9.17) is 0 Å². The summed E-state index contributed by atoms with van der Waals surface area (Å²) >= 11 is 0. The molecule has 2 nitrogen and oxygen atoms in total. The van der Waals surface area contributed by atoms with E-state index in [1.807, 2.05) is 26.8 Å². The van der Waals surface area contributed by atoms with Crippen molar-refractivity contribution in [2.45, 2.75) is 47.1 Å². The molecule has 0 heterocycles. The van der Waals surface area contributed by atoms with Crippen molar-refractivity contribution < 1.29 is 0 Å². The number of hydrogen-bond donors (Lipinski definition) is 0. The van der Waals surface area contributed by atoms with Crippen LogP contribution in [0.1, 0.15) is 41.5 Å². The van der Waals surface area contributed by atoms with E-state index in [2.05, 4.69) is 31.0 Å². The Balaban J connectivity index is 4.00. The van der Waals surface area contributed by atoms with Crippen LogP contribution in [0.5, 0.6) is 0 Å². The molecule has 2 heteroatoms. The fraction of sp³-hybridized carbons (Fsp3) is 0.800. The summed E-state index contributed by atoms with van der Waals surface area (Å²) in [6.45, 7) is 12.5. The fourth-order valence-electron chi connectivity index (χ4n) is 0.463. The normalized spacial score (nSPS) is 14.8. The Morgan fingerprint density at radius 2 is 1.42 bits per heavy atom. The summed E-state index contributed by atoms with van der Waals surface area (Å²) in [5, 5.41) is 8.07. The first-order chi connectivity index (χ1) is 5.21. The molecule has 0 unspecified atom stereocenters. The average molecular weight is 168 g/mol. The number of allylic oxidation sites excluding steroid dienone is 1. The van der Waals surface area contributed by atoms with Gasteiger partial charge < -0.3 is 0 Å². The zero-order valence-corrected chi connectivity index (χ0v) is 9.05. The maximum atomic E-state index is 4.10. The van der Waals surface area contributed by atoms with E-state index in [9.17, 15) is 0 Å². The van der Waals surface area contributed by atoms with Crippen molar-refractivity contribution in [3.63, 3.8) is 0 Å². The van der Waals surface area contributed by atoms with Gasteiger partial charge in [-0.1, -0.05) is 26.8 Å². The lowest BCUT2D eigenvalue weighted by Crippen LogP contribution is -2.07. The molecule has 0 bridgehead atoms. The van der Waals surface area contributed by atoms with E-state index >= 15 is 0 Å². The van der Waals surface area contributed by atoms with Gasteiger partial charge in [0.05, 0.1) is 5.54 Å². The van der Waals surface area contributed by atoms with Crippen molar-refractivity contribution in [3.8, 4) is 0 Å². The Hall–Kier alpha value is -0.660. The first-order valence-corrected chi connectivity index (χ1v) is 4.30. The average Bonchev–Trinajstić information content (AvgIpc) is 1.76. The van der Waals surface area contributed by atoms with Crippen LogP contribution in [0, 0.1) is 5.41 Å². The van der Waals surface area contributed by atoms with E-state index in [-0.39, 0.29) is 11.0 Å². The van der Waals surface area contributed by atoms with Gasteiger partial charge in [-0.05, 0) is 26.2 Å². The van der Waals surface area contributed by atoms with Crippen LogP contribution < -0.4 is 0 Å². The molecule has 0 N–H and O–H groups in total. The van der Waals surface area contributed by atoms with E-state index < -0.39 is 0 Å². The predicted octanol–water partition coefficient (Wildman–Crippen LogP) is 3.80. The molecule has 0 saturated carbocycles. The van der Waals surface area contributed by atoms with Gasteiger partial charge in [-0.2, -0.15) is 10.2 Å². The minimum atomic E-state index is -0.0672. The lowest BCUT2D eigenvalue weighted by atomic mass is 9.97.